The van der Waals surface area contributed by atoms with Gasteiger partial charge in [0.05, 0.1) is 0 Å². The molecule has 1 heterocycles. The lowest BCUT2D eigenvalue weighted by Crippen LogP contribution is -2.11. The van der Waals surface area contributed by atoms with E-state index in [1.54, 1.807) is 12.1 Å². The Morgan fingerprint density at radius 1 is 1.36 bits per heavy atom. The van der Waals surface area contributed by atoms with E-state index in [2.05, 4.69) is 15.4 Å². The highest BCUT2D eigenvalue weighted by Gasteiger charge is 2.10. The maximum atomic E-state index is 9.67. The third kappa shape index (κ3) is 1.42. The number of benzene rings is 1. The van der Waals surface area contributed by atoms with Crippen molar-refractivity contribution in [1.29, 1.82) is 0 Å². The maximum Gasteiger partial charge on any atom is 0.122 e. The minimum absolute atomic E-state index is 0.264. The summed E-state index contributed by atoms with van der Waals surface area (Å²) in [6.07, 6.45) is 0. The number of nitrogens with zero attached hydrogens (tertiary/aromatic N) is 3. The lowest BCUT2D eigenvalue weighted by Gasteiger charge is -2.10. The van der Waals surface area contributed by atoms with E-state index in [0.29, 0.717) is 6.54 Å². The van der Waals surface area contributed by atoms with Gasteiger partial charge in [0.2, 0.25) is 0 Å². The molecule has 0 radical (unpaired) electrons. The van der Waals surface area contributed by atoms with Crippen LogP contribution in [0.1, 0.15) is 5.56 Å². The van der Waals surface area contributed by atoms with Crippen LogP contribution in [0.2, 0.25) is 0 Å². The van der Waals surface area contributed by atoms with Gasteiger partial charge in [0.25, 0.3) is 0 Å². The number of aromatic amines is 1. The molecule has 0 spiro atoms. The molecule has 0 atom stereocenters. The quantitative estimate of drug-likeness (QED) is 0.736. The number of fused-ring (bicyclic) bond motifs is 1. The van der Waals surface area contributed by atoms with Crippen molar-refractivity contribution < 1.29 is 5.11 Å². The van der Waals surface area contributed by atoms with Crippen LogP contribution < -0.4 is 0 Å². The molecular weight excluding hydrogens is 180 g/mol. The fraction of sp³-hybridized carbons (Fsp3) is 0.333. The van der Waals surface area contributed by atoms with Crippen LogP contribution in [0, 0.1) is 0 Å². The first-order chi connectivity index (χ1) is 6.68. The zero-order chi connectivity index (χ0) is 10.1. The Morgan fingerprint density at radius 2 is 2.14 bits per heavy atom. The topological polar surface area (TPSA) is 65.0 Å². The fourth-order valence-electron chi connectivity index (χ4n) is 1.43. The van der Waals surface area contributed by atoms with E-state index in [-0.39, 0.29) is 5.75 Å². The van der Waals surface area contributed by atoms with Crippen LogP contribution in [0.5, 0.6) is 5.75 Å². The Hall–Kier alpha value is -1.62. The molecule has 5 heteroatoms. The summed E-state index contributed by atoms with van der Waals surface area (Å²) in [6, 6.07) is 3.39. The van der Waals surface area contributed by atoms with Crippen molar-refractivity contribution in [3.05, 3.63) is 17.7 Å². The van der Waals surface area contributed by atoms with Crippen molar-refractivity contribution in [2.24, 2.45) is 0 Å². The third-order valence-electron chi connectivity index (χ3n) is 2.04. The second kappa shape index (κ2) is 3.26. The molecule has 0 aliphatic rings. The average molecular weight is 192 g/mol. The molecule has 0 saturated carbocycles. The molecule has 2 rings (SSSR count). The van der Waals surface area contributed by atoms with E-state index in [9.17, 15) is 5.11 Å². The van der Waals surface area contributed by atoms with Crippen LogP contribution >= 0.6 is 0 Å². The van der Waals surface area contributed by atoms with Gasteiger partial charge in [-0.1, -0.05) is 0 Å². The van der Waals surface area contributed by atoms with Gasteiger partial charge in [-0.15, -0.1) is 0 Å². The van der Waals surface area contributed by atoms with E-state index in [1.807, 2.05) is 19.0 Å². The molecule has 0 aliphatic carbocycles. The number of hydrogen-bond acceptors (Lipinski definition) is 4. The lowest BCUT2D eigenvalue weighted by atomic mass is 10.1. The second-order valence-corrected chi connectivity index (χ2v) is 3.49. The average Bonchev–Trinajstić information content (AvgIpc) is 2.57. The van der Waals surface area contributed by atoms with Gasteiger partial charge in [0.1, 0.15) is 16.8 Å². The SMILES string of the molecule is CN(C)Cc1c(O)ccc2n[nH]nc12. The van der Waals surface area contributed by atoms with Crippen LogP contribution in [0.4, 0.5) is 0 Å². The smallest absolute Gasteiger partial charge is 0.122 e. The summed E-state index contributed by atoms with van der Waals surface area (Å²) in [5, 5.41) is 20.2. The third-order valence-corrected chi connectivity index (χ3v) is 2.04. The van der Waals surface area contributed by atoms with Crippen LogP contribution in [-0.4, -0.2) is 39.5 Å². The van der Waals surface area contributed by atoms with Crippen molar-refractivity contribution in [2.45, 2.75) is 6.54 Å². The van der Waals surface area contributed by atoms with Gasteiger partial charge in [-0.05, 0) is 26.2 Å². The Labute approximate surface area is 81.3 Å². The number of phenolic OH excluding ortho intramolecular Hbond substituents is 1. The van der Waals surface area contributed by atoms with Crippen molar-refractivity contribution in [3.8, 4) is 5.75 Å². The van der Waals surface area contributed by atoms with Gasteiger partial charge in [0.15, 0.2) is 0 Å². The van der Waals surface area contributed by atoms with E-state index in [4.69, 9.17) is 0 Å². The van der Waals surface area contributed by atoms with Crippen LogP contribution in [0.3, 0.4) is 0 Å². The van der Waals surface area contributed by atoms with Crippen molar-refractivity contribution in [3.63, 3.8) is 0 Å². The first-order valence-corrected chi connectivity index (χ1v) is 4.34. The molecule has 0 bridgehead atoms. The number of H-pyrrole nitrogens is 1. The minimum Gasteiger partial charge on any atom is -0.508 e. The molecule has 2 aromatic rings. The first-order valence-electron chi connectivity index (χ1n) is 4.34. The molecule has 2 N–H and O–H groups in total. The molecule has 0 saturated heterocycles. The Kier molecular flexibility index (Phi) is 2.09. The van der Waals surface area contributed by atoms with Crippen LogP contribution in [0.15, 0.2) is 12.1 Å². The molecule has 1 aromatic heterocycles. The summed E-state index contributed by atoms with van der Waals surface area (Å²) in [5.74, 6) is 0.264. The number of aromatic nitrogens is 3. The fourth-order valence-corrected chi connectivity index (χ4v) is 1.43. The van der Waals surface area contributed by atoms with Gasteiger partial charge in [0, 0.05) is 12.1 Å². The van der Waals surface area contributed by atoms with Gasteiger partial charge >= 0.3 is 0 Å². The van der Waals surface area contributed by atoms with E-state index < -0.39 is 0 Å². The highest BCUT2D eigenvalue weighted by molar-refractivity contribution is 5.79. The Morgan fingerprint density at radius 3 is 2.86 bits per heavy atom. The molecule has 0 unspecified atom stereocenters. The van der Waals surface area contributed by atoms with Crippen molar-refractivity contribution in [1.82, 2.24) is 20.3 Å². The van der Waals surface area contributed by atoms with Gasteiger partial charge in [-0.2, -0.15) is 15.4 Å². The summed E-state index contributed by atoms with van der Waals surface area (Å²) in [4.78, 5) is 1.98. The number of aromatic hydroxyl groups is 1. The molecule has 74 valence electrons. The summed E-state index contributed by atoms with van der Waals surface area (Å²) in [7, 11) is 3.89. The van der Waals surface area contributed by atoms with Gasteiger partial charge in [-0.3, -0.25) is 0 Å². The summed E-state index contributed by atoms with van der Waals surface area (Å²) >= 11 is 0. The first kappa shape index (κ1) is 8.96. The van der Waals surface area contributed by atoms with Crippen LogP contribution in [-0.2, 0) is 6.54 Å². The molecular formula is C9H12N4O. The number of hydrogen-bond donors (Lipinski definition) is 2. The summed E-state index contributed by atoms with van der Waals surface area (Å²) in [5.41, 5.74) is 2.32. The highest BCUT2D eigenvalue weighted by atomic mass is 16.3. The lowest BCUT2D eigenvalue weighted by molar-refractivity contribution is 0.387. The number of nitrogens with one attached hydrogen (secondary N) is 1. The zero-order valence-corrected chi connectivity index (χ0v) is 8.15. The molecule has 1 aromatic carbocycles. The summed E-state index contributed by atoms with van der Waals surface area (Å²) in [6.45, 7) is 0.649. The minimum atomic E-state index is 0.264. The normalized spacial score (nSPS) is 11.4. The van der Waals surface area contributed by atoms with Crippen molar-refractivity contribution >= 4 is 11.0 Å². The van der Waals surface area contributed by atoms with Gasteiger partial charge in [-0.25, -0.2) is 0 Å². The number of rotatable bonds is 2. The zero-order valence-electron chi connectivity index (χ0n) is 8.15. The van der Waals surface area contributed by atoms with E-state index in [0.717, 1.165) is 16.6 Å². The molecule has 0 aliphatic heterocycles. The second-order valence-electron chi connectivity index (χ2n) is 3.49. The predicted molar refractivity (Wildman–Crippen MR) is 52.9 cm³/mol. The Bertz CT molecular complexity index is 449. The summed E-state index contributed by atoms with van der Waals surface area (Å²) < 4.78 is 0. The number of phenols is 1. The highest BCUT2D eigenvalue weighted by Crippen LogP contribution is 2.24. The molecule has 14 heavy (non-hydrogen) atoms. The monoisotopic (exact) mass is 192 g/mol. The molecule has 0 fully saturated rings. The van der Waals surface area contributed by atoms with E-state index >= 15 is 0 Å². The van der Waals surface area contributed by atoms with Crippen molar-refractivity contribution in [2.75, 3.05) is 14.1 Å². The van der Waals surface area contributed by atoms with Crippen LogP contribution in [0.25, 0.3) is 11.0 Å². The molecule has 0 amide bonds. The predicted octanol–water partition coefficient (Wildman–Crippen LogP) is 0.725. The maximum absolute atomic E-state index is 9.67. The van der Waals surface area contributed by atoms with Gasteiger partial charge < -0.3 is 10.0 Å². The largest absolute Gasteiger partial charge is 0.508 e. The Balaban J connectivity index is 2.58. The molecule has 5 nitrogen and oxygen atoms in total. The standard InChI is InChI=1S/C9H12N4O/c1-13(2)5-6-8(14)4-3-7-9(6)11-12-10-7/h3-4,14H,5H2,1-2H3,(H,10,11,12). The van der Waals surface area contributed by atoms with E-state index in [1.165, 1.54) is 0 Å².